The largest absolute Gasteiger partial charge is 0.469 e. The monoisotopic (exact) mass is 210 g/mol. The fourth-order valence-electron chi connectivity index (χ4n) is 2.39. The van der Waals surface area contributed by atoms with Gasteiger partial charge in [-0.2, -0.15) is 0 Å². The lowest BCUT2D eigenvalue weighted by Crippen LogP contribution is -2.12. The van der Waals surface area contributed by atoms with Gasteiger partial charge in [0.25, 0.3) is 0 Å². The van der Waals surface area contributed by atoms with Crippen molar-refractivity contribution < 1.29 is 9.53 Å². The van der Waals surface area contributed by atoms with E-state index < -0.39 is 0 Å². The van der Waals surface area contributed by atoms with E-state index in [-0.39, 0.29) is 11.9 Å². The molecule has 1 rings (SSSR count). The third-order valence-corrected chi connectivity index (χ3v) is 3.35. The van der Waals surface area contributed by atoms with Crippen molar-refractivity contribution in [2.75, 3.05) is 7.11 Å². The summed E-state index contributed by atoms with van der Waals surface area (Å²) in [4.78, 5) is 11.4. The smallest absolute Gasteiger partial charge is 0.308 e. The molecule has 2 atom stereocenters. The summed E-state index contributed by atoms with van der Waals surface area (Å²) in [6.45, 7) is 6.28. The lowest BCUT2D eigenvalue weighted by molar-refractivity contribution is -0.145. The summed E-state index contributed by atoms with van der Waals surface area (Å²) >= 11 is 0. The Kier molecular flexibility index (Phi) is 4.86. The molecule has 0 radical (unpaired) electrons. The van der Waals surface area contributed by atoms with E-state index in [4.69, 9.17) is 4.74 Å². The minimum Gasteiger partial charge on any atom is -0.469 e. The molecular weight excluding hydrogens is 188 g/mol. The number of carbonyl (C=O) groups excluding carboxylic acids is 1. The van der Waals surface area contributed by atoms with Crippen molar-refractivity contribution in [3.63, 3.8) is 0 Å². The van der Waals surface area contributed by atoms with E-state index in [1.165, 1.54) is 38.4 Å². The highest BCUT2D eigenvalue weighted by atomic mass is 16.5. The van der Waals surface area contributed by atoms with Gasteiger partial charge >= 0.3 is 5.97 Å². The molecule has 1 fully saturated rings. The van der Waals surface area contributed by atoms with Gasteiger partial charge in [0.2, 0.25) is 0 Å². The third-order valence-electron chi connectivity index (χ3n) is 3.35. The van der Waals surface area contributed by atoms with E-state index in [2.05, 4.69) is 13.5 Å². The molecule has 0 bridgehead atoms. The summed E-state index contributed by atoms with van der Waals surface area (Å²) in [5, 5.41) is 0. The molecule has 2 unspecified atom stereocenters. The molecule has 2 heteroatoms. The van der Waals surface area contributed by atoms with Crippen LogP contribution in [0, 0.1) is 11.8 Å². The van der Waals surface area contributed by atoms with Gasteiger partial charge in [-0.1, -0.05) is 38.3 Å². The predicted molar refractivity (Wildman–Crippen MR) is 61.5 cm³/mol. The van der Waals surface area contributed by atoms with Crippen molar-refractivity contribution in [1.29, 1.82) is 0 Å². The van der Waals surface area contributed by atoms with Gasteiger partial charge in [0.1, 0.15) is 0 Å². The first-order valence-electron chi connectivity index (χ1n) is 5.94. The van der Waals surface area contributed by atoms with E-state index >= 15 is 0 Å². The molecule has 0 amide bonds. The zero-order chi connectivity index (χ0) is 11.3. The second-order valence-corrected chi connectivity index (χ2v) is 4.51. The maximum atomic E-state index is 11.4. The number of hydrogen-bond donors (Lipinski definition) is 0. The number of esters is 1. The zero-order valence-corrected chi connectivity index (χ0v) is 9.92. The van der Waals surface area contributed by atoms with Crippen LogP contribution >= 0.6 is 0 Å². The summed E-state index contributed by atoms with van der Waals surface area (Å²) < 4.78 is 4.78. The van der Waals surface area contributed by atoms with Crippen molar-refractivity contribution in [3.05, 3.63) is 12.2 Å². The fourth-order valence-corrected chi connectivity index (χ4v) is 2.39. The van der Waals surface area contributed by atoms with Crippen LogP contribution in [0.2, 0.25) is 0 Å². The molecule has 0 spiro atoms. The zero-order valence-electron chi connectivity index (χ0n) is 9.92. The van der Waals surface area contributed by atoms with Crippen LogP contribution in [0.4, 0.5) is 0 Å². The van der Waals surface area contributed by atoms with E-state index in [9.17, 15) is 4.79 Å². The standard InChI is InChI=1S/C13H22O2/c1-4-5-6-7-11-9-12(8-10(11)2)13(14)15-3/h11-12H,2,4-9H2,1,3H3. The molecule has 1 aliphatic rings. The molecule has 0 heterocycles. The first-order valence-corrected chi connectivity index (χ1v) is 5.94. The van der Waals surface area contributed by atoms with Crippen LogP contribution in [0.15, 0.2) is 12.2 Å². The van der Waals surface area contributed by atoms with Gasteiger partial charge in [-0.15, -0.1) is 0 Å². The van der Waals surface area contributed by atoms with E-state index in [0.29, 0.717) is 5.92 Å². The summed E-state index contributed by atoms with van der Waals surface area (Å²) in [6.07, 6.45) is 6.78. The van der Waals surface area contributed by atoms with Gasteiger partial charge in [-0.05, 0) is 25.2 Å². The Hall–Kier alpha value is -0.790. The average Bonchev–Trinajstić information content (AvgIpc) is 2.60. The Bertz CT molecular complexity index is 233. The van der Waals surface area contributed by atoms with Gasteiger partial charge < -0.3 is 4.74 Å². The van der Waals surface area contributed by atoms with Gasteiger partial charge in [-0.3, -0.25) is 4.79 Å². The van der Waals surface area contributed by atoms with Crippen molar-refractivity contribution >= 4 is 5.97 Å². The third kappa shape index (κ3) is 3.37. The van der Waals surface area contributed by atoms with Crippen LogP contribution in [-0.4, -0.2) is 13.1 Å². The van der Waals surface area contributed by atoms with E-state index in [0.717, 1.165) is 12.8 Å². The molecule has 86 valence electrons. The molecule has 0 aromatic carbocycles. The molecular formula is C13H22O2. The molecule has 2 nitrogen and oxygen atoms in total. The molecule has 0 aliphatic heterocycles. The first-order chi connectivity index (χ1) is 7.19. The average molecular weight is 210 g/mol. The molecule has 15 heavy (non-hydrogen) atoms. The SMILES string of the molecule is C=C1CC(C(=O)OC)CC1CCCCC. The number of carbonyl (C=O) groups is 1. The molecule has 0 aromatic heterocycles. The number of hydrogen-bond acceptors (Lipinski definition) is 2. The maximum absolute atomic E-state index is 11.4. The predicted octanol–water partition coefficient (Wildman–Crippen LogP) is 3.32. The van der Waals surface area contributed by atoms with Crippen molar-refractivity contribution in [3.8, 4) is 0 Å². The fraction of sp³-hybridized carbons (Fsp3) is 0.769. The molecule has 0 saturated heterocycles. The Morgan fingerprint density at radius 2 is 2.27 bits per heavy atom. The summed E-state index contributed by atoms with van der Waals surface area (Å²) in [5.74, 6) is 0.573. The highest BCUT2D eigenvalue weighted by molar-refractivity contribution is 5.73. The summed E-state index contributed by atoms with van der Waals surface area (Å²) in [7, 11) is 1.47. The van der Waals surface area contributed by atoms with Crippen LogP contribution in [0.25, 0.3) is 0 Å². The lowest BCUT2D eigenvalue weighted by Gasteiger charge is -2.10. The second-order valence-electron chi connectivity index (χ2n) is 4.51. The van der Waals surface area contributed by atoms with E-state index in [1.807, 2.05) is 0 Å². The van der Waals surface area contributed by atoms with Crippen molar-refractivity contribution in [1.82, 2.24) is 0 Å². The molecule has 1 aliphatic carbocycles. The highest BCUT2D eigenvalue weighted by Gasteiger charge is 2.32. The van der Waals surface area contributed by atoms with Crippen LogP contribution < -0.4 is 0 Å². The summed E-state index contributed by atoms with van der Waals surface area (Å²) in [5.41, 5.74) is 1.25. The Morgan fingerprint density at radius 1 is 1.53 bits per heavy atom. The molecule has 0 aromatic rings. The summed E-state index contributed by atoms with van der Waals surface area (Å²) in [6, 6.07) is 0. The van der Waals surface area contributed by atoms with Crippen LogP contribution in [0.5, 0.6) is 0 Å². The second kappa shape index (κ2) is 5.94. The maximum Gasteiger partial charge on any atom is 0.308 e. The van der Waals surface area contributed by atoms with E-state index in [1.54, 1.807) is 0 Å². The van der Waals surface area contributed by atoms with Gasteiger partial charge in [0.05, 0.1) is 13.0 Å². The Balaban J connectivity index is 2.35. The number of methoxy groups -OCH3 is 1. The number of ether oxygens (including phenoxy) is 1. The minimum atomic E-state index is -0.0610. The van der Waals surface area contributed by atoms with Gasteiger partial charge in [0, 0.05) is 0 Å². The van der Waals surface area contributed by atoms with Crippen LogP contribution in [0.1, 0.15) is 45.4 Å². The first kappa shape index (κ1) is 12.3. The van der Waals surface area contributed by atoms with Crippen LogP contribution in [0.3, 0.4) is 0 Å². The number of rotatable bonds is 5. The highest BCUT2D eigenvalue weighted by Crippen LogP contribution is 2.38. The Morgan fingerprint density at radius 3 is 2.87 bits per heavy atom. The normalized spacial score (nSPS) is 25.6. The van der Waals surface area contributed by atoms with Crippen molar-refractivity contribution in [2.45, 2.75) is 45.4 Å². The van der Waals surface area contributed by atoms with Crippen molar-refractivity contribution in [2.24, 2.45) is 11.8 Å². The molecule has 0 N–H and O–H groups in total. The lowest BCUT2D eigenvalue weighted by atomic mass is 9.96. The van der Waals surface area contributed by atoms with Gasteiger partial charge in [-0.25, -0.2) is 0 Å². The quantitative estimate of drug-likeness (QED) is 0.395. The number of allylic oxidation sites excluding steroid dienone is 1. The molecule has 1 saturated carbocycles. The van der Waals surface area contributed by atoms with Crippen LogP contribution in [-0.2, 0) is 9.53 Å². The topological polar surface area (TPSA) is 26.3 Å². The number of unbranched alkanes of at least 4 members (excludes halogenated alkanes) is 2. The van der Waals surface area contributed by atoms with Gasteiger partial charge in [0.15, 0.2) is 0 Å². The minimum absolute atomic E-state index is 0.0610. The Labute approximate surface area is 92.7 Å².